The number of amides is 1. The van der Waals surface area contributed by atoms with Crippen LogP contribution in [0.5, 0.6) is 5.75 Å². The number of benzene rings is 2. The van der Waals surface area contributed by atoms with Crippen LogP contribution in [0.15, 0.2) is 42.5 Å². The summed E-state index contributed by atoms with van der Waals surface area (Å²) in [6.45, 7) is 2.40. The van der Waals surface area contributed by atoms with Crippen molar-refractivity contribution in [2.24, 2.45) is 0 Å². The Hall–Kier alpha value is -2.29. The summed E-state index contributed by atoms with van der Waals surface area (Å²) in [5.41, 5.74) is 1.63. The molecule has 0 bridgehead atoms. The van der Waals surface area contributed by atoms with Gasteiger partial charge in [-0.3, -0.25) is 14.4 Å². The highest BCUT2D eigenvalue weighted by Crippen LogP contribution is 2.27. The molecule has 0 aromatic heterocycles. The Labute approximate surface area is 188 Å². The molecular formula is C22H28ClN3O4S. The summed E-state index contributed by atoms with van der Waals surface area (Å²) in [4.78, 5) is 15.2. The molecule has 0 aliphatic carbocycles. The summed E-state index contributed by atoms with van der Waals surface area (Å²) in [6, 6.07) is 12.5. The van der Waals surface area contributed by atoms with E-state index in [0.717, 1.165) is 43.5 Å². The summed E-state index contributed by atoms with van der Waals surface area (Å²) in [7, 11) is -1.87. The number of halogens is 1. The molecule has 1 heterocycles. The number of ether oxygens (including phenoxy) is 1. The summed E-state index contributed by atoms with van der Waals surface area (Å²) < 4.78 is 30.7. The second-order valence-electron chi connectivity index (χ2n) is 7.66. The van der Waals surface area contributed by atoms with Gasteiger partial charge in [0.2, 0.25) is 10.0 Å². The average molecular weight is 466 g/mol. The maximum Gasteiger partial charge on any atom is 0.251 e. The van der Waals surface area contributed by atoms with Crippen molar-refractivity contribution in [1.82, 2.24) is 10.2 Å². The summed E-state index contributed by atoms with van der Waals surface area (Å²) >= 11 is 6.07. The van der Waals surface area contributed by atoms with Gasteiger partial charge in [0, 0.05) is 12.1 Å². The van der Waals surface area contributed by atoms with E-state index in [9.17, 15) is 13.2 Å². The molecule has 0 spiro atoms. The van der Waals surface area contributed by atoms with Crippen LogP contribution in [0, 0.1) is 0 Å². The van der Waals surface area contributed by atoms with Crippen molar-refractivity contribution >= 4 is 33.2 Å². The van der Waals surface area contributed by atoms with E-state index in [1.54, 1.807) is 13.2 Å². The third kappa shape index (κ3) is 6.59. The Kier molecular flexibility index (Phi) is 7.80. The zero-order valence-corrected chi connectivity index (χ0v) is 19.3. The minimum absolute atomic E-state index is 0.0380. The van der Waals surface area contributed by atoms with Crippen molar-refractivity contribution in [3.05, 3.63) is 58.6 Å². The van der Waals surface area contributed by atoms with Gasteiger partial charge in [-0.1, -0.05) is 30.2 Å². The van der Waals surface area contributed by atoms with Gasteiger partial charge >= 0.3 is 0 Å². The molecule has 9 heteroatoms. The molecule has 1 fully saturated rings. The third-order valence-electron chi connectivity index (χ3n) is 5.31. The molecule has 1 saturated heterocycles. The molecule has 7 nitrogen and oxygen atoms in total. The first-order chi connectivity index (χ1) is 14.8. The molecular weight excluding hydrogens is 438 g/mol. The largest absolute Gasteiger partial charge is 0.497 e. The summed E-state index contributed by atoms with van der Waals surface area (Å²) in [5.74, 6) is 0.501. The van der Waals surface area contributed by atoms with Gasteiger partial charge in [0.05, 0.1) is 30.1 Å². The van der Waals surface area contributed by atoms with Crippen LogP contribution in [0.1, 0.15) is 41.2 Å². The zero-order valence-electron chi connectivity index (χ0n) is 17.7. The summed E-state index contributed by atoms with van der Waals surface area (Å²) in [6.07, 6.45) is 4.53. The first kappa shape index (κ1) is 23.4. The van der Waals surface area contributed by atoms with Crippen LogP contribution in [-0.4, -0.2) is 52.2 Å². The maximum absolute atomic E-state index is 12.8. The molecule has 1 amide bonds. The number of carbonyl (C=O) groups is 1. The van der Waals surface area contributed by atoms with Gasteiger partial charge < -0.3 is 10.1 Å². The van der Waals surface area contributed by atoms with E-state index in [0.29, 0.717) is 12.1 Å². The number of rotatable bonds is 8. The molecule has 31 heavy (non-hydrogen) atoms. The van der Waals surface area contributed by atoms with E-state index in [-0.39, 0.29) is 22.7 Å². The average Bonchev–Trinajstić information content (AvgIpc) is 2.75. The topological polar surface area (TPSA) is 87.7 Å². The van der Waals surface area contributed by atoms with E-state index in [1.807, 2.05) is 24.3 Å². The predicted octanol–water partition coefficient (Wildman–Crippen LogP) is 3.68. The second-order valence-corrected chi connectivity index (χ2v) is 9.82. The van der Waals surface area contributed by atoms with Crippen molar-refractivity contribution in [3.63, 3.8) is 0 Å². The van der Waals surface area contributed by atoms with Crippen molar-refractivity contribution in [2.75, 3.05) is 37.7 Å². The van der Waals surface area contributed by atoms with Crippen molar-refractivity contribution in [2.45, 2.75) is 25.3 Å². The number of carbonyl (C=O) groups excluding carboxylic acids is 1. The van der Waals surface area contributed by atoms with E-state index < -0.39 is 10.0 Å². The van der Waals surface area contributed by atoms with E-state index in [1.165, 1.54) is 18.6 Å². The fraction of sp³-hybridized carbons (Fsp3) is 0.409. The standard InChI is InChI=1S/C22H28ClN3O4S/c1-30-18-9-6-16(7-10-18)21(26-12-4-3-5-13-26)15-24-22(27)17-8-11-19(23)20(14-17)25-31(2,28)29/h6-11,14,21,25H,3-5,12-13,15H2,1-2H3,(H,24,27). The number of sulfonamides is 1. The van der Waals surface area contributed by atoms with Gasteiger partial charge in [-0.05, 0) is 61.8 Å². The lowest BCUT2D eigenvalue weighted by atomic mass is 10.0. The number of nitrogens with zero attached hydrogens (tertiary/aromatic N) is 1. The van der Waals surface area contributed by atoms with Gasteiger partial charge in [-0.25, -0.2) is 8.42 Å². The molecule has 0 saturated carbocycles. The van der Waals surface area contributed by atoms with Crippen molar-refractivity contribution in [1.29, 1.82) is 0 Å². The Bertz CT molecular complexity index is 1010. The number of methoxy groups -OCH3 is 1. The highest BCUT2D eigenvalue weighted by atomic mass is 35.5. The smallest absolute Gasteiger partial charge is 0.251 e. The van der Waals surface area contributed by atoms with Crippen LogP contribution < -0.4 is 14.8 Å². The third-order valence-corrected chi connectivity index (χ3v) is 6.23. The van der Waals surface area contributed by atoms with Gasteiger partial charge in [-0.2, -0.15) is 0 Å². The number of likely N-dealkylation sites (tertiary alicyclic amines) is 1. The Morgan fingerprint density at radius 3 is 2.42 bits per heavy atom. The molecule has 3 rings (SSSR count). The predicted molar refractivity (Wildman–Crippen MR) is 123 cm³/mol. The lowest BCUT2D eigenvalue weighted by Gasteiger charge is -2.35. The molecule has 2 aromatic carbocycles. The number of piperidine rings is 1. The van der Waals surface area contributed by atoms with Crippen LogP contribution >= 0.6 is 11.6 Å². The van der Waals surface area contributed by atoms with Crippen molar-refractivity contribution in [3.8, 4) is 5.75 Å². The molecule has 1 aliphatic rings. The van der Waals surface area contributed by atoms with Crippen molar-refractivity contribution < 1.29 is 17.9 Å². The molecule has 0 radical (unpaired) electrons. The highest BCUT2D eigenvalue weighted by molar-refractivity contribution is 7.92. The first-order valence-electron chi connectivity index (χ1n) is 10.2. The lowest BCUT2D eigenvalue weighted by molar-refractivity contribution is 0.0924. The van der Waals surface area contributed by atoms with Crippen LogP contribution in [0.3, 0.4) is 0 Å². The van der Waals surface area contributed by atoms with Crippen LogP contribution in [0.25, 0.3) is 0 Å². The van der Waals surface area contributed by atoms with Gasteiger partial charge in [0.25, 0.3) is 5.91 Å². The maximum atomic E-state index is 12.8. The molecule has 1 aliphatic heterocycles. The number of nitrogens with one attached hydrogen (secondary N) is 2. The van der Waals surface area contributed by atoms with E-state index >= 15 is 0 Å². The second kappa shape index (κ2) is 10.3. The Morgan fingerprint density at radius 2 is 1.81 bits per heavy atom. The monoisotopic (exact) mass is 465 g/mol. The fourth-order valence-corrected chi connectivity index (χ4v) is 4.54. The number of anilines is 1. The molecule has 168 valence electrons. The molecule has 1 atom stereocenters. The molecule has 2 N–H and O–H groups in total. The summed E-state index contributed by atoms with van der Waals surface area (Å²) in [5, 5.41) is 3.23. The molecule has 2 aromatic rings. The normalized spacial score (nSPS) is 15.8. The SMILES string of the molecule is COc1ccc(C(CNC(=O)c2ccc(Cl)c(NS(C)(=O)=O)c2)N2CCCCC2)cc1. The number of hydrogen-bond acceptors (Lipinski definition) is 5. The molecule has 1 unspecified atom stereocenters. The van der Waals surface area contributed by atoms with Crippen LogP contribution in [-0.2, 0) is 10.0 Å². The lowest BCUT2D eigenvalue weighted by Crippen LogP contribution is -2.40. The van der Waals surface area contributed by atoms with Gasteiger partial charge in [0.1, 0.15) is 5.75 Å². The van der Waals surface area contributed by atoms with Gasteiger partial charge in [0.15, 0.2) is 0 Å². The van der Waals surface area contributed by atoms with E-state index in [2.05, 4.69) is 14.9 Å². The van der Waals surface area contributed by atoms with Gasteiger partial charge in [-0.15, -0.1) is 0 Å². The highest BCUT2D eigenvalue weighted by Gasteiger charge is 2.23. The minimum atomic E-state index is -3.51. The fourth-order valence-electron chi connectivity index (χ4n) is 3.75. The van der Waals surface area contributed by atoms with E-state index in [4.69, 9.17) is 16.3 Å². The zero-order chi connectivity index (χ0) is 22.4. The number of hydrogen-bond donors (Lipinski definition) is 2. The van der Waals surface area contributed by atoms with Crippen LogP contribution in [0.2, 0.25) is 5.02 Å². The Morgan fingerprint density at radius 1 is 1.13 bits per heavy atom. The minimum Gasteiger partial charge on any atom is -0.497 e. The quantitative estimate of drug-likeness (QED) is 0.621. The van der Waals surface area contributed by atoms with Crippen LogP contribution in [0.4, 0.5) is 5.69 Å². The Balaban J connectivity index is 1.76. The first-order valence-corrected chi connectivity index (χ1v) is 12.5.